The third kappa shape index (κ3) is 7.67. The average Bonchev–Trinajstić information content (AvgIpc) is 2.89. The van der Waals surface area contributed by atoms with Crippen LogP contribution >= 0.6 is 23.4 Å². The summed E-state index contributed by atoms with van der Waals surface area (Å²) in [5.74, 6) is -5.03. The molecule has 1 aliphatic carbocycles. The number of ether oxygens (including phenoxy) is 2. The first-order valence-corrected chi connectivity index (χ1v) is 13.7. The lowest BCUT2D eigenvalue weighted by Gasteiger charge is -2.27. The number of hydrogen-bond donors (Lipinski definition) is 0. The van der Waals surface area contributed by atoms with Crippen LogP contribution in [0.4, 0.5) is 14.5 Å². The van der Waals surface area contributed by atoms with Gasteiger partial charge in [0.1, 0.15) is 11.6 Å². The second kappa shape index (κ2) is 13.7. The second-order valence-corrected chi connectivity index (χ2v) is 10.3. The molecule has 2 aromatic carbocycles. The van der Waals surface area contributed by atoms with Crippen molar-refractivity contribution in [3.8, 4) is 0 Å². The van der Waals surface area contributed by atoms with Crippen LogP contribution < -0.4 is 4.90 Å². The standard InChI is InChI=1S/C28H28ClF2NO6S/c1-4-37-25(33)15-39-24-14-23(22(31)13-21(24)29)32(26(34)17-8-7-9-18(30)12-17)27(35)19-10-5-6-11-20(19)28(36)38-16(2)3/h7-9,12-14,16H,4-6,10-11,15H2,1-3H3. The summed E-state index contributed by atoms with van der Waals surface area (Å²) in [5, 5.41) is -0.0470. The highest BCUT2D eigenvalue weighted by Crippen LogP contribution is 2.36. The lowest BCUT2D eigenvalue weighted by Crippen LogP contribution is -2.40. The summed E-state index contributed by atoms with van der Waals surface area (Å²) in [7, 11) is 0. The van der Waals surface area contributed by atoms with Crippen LogP contribution in [-0.2, 0) is 23.9 Å². The number of nitrogens with zero attached hydrogens (tertiary/aromatic N) is 1. The maximum absolute atomic E-state index is 15.4. The first-order chi connectivity index (χ1) is 18.5. The molecule has 11 heteroatoms. The van der Waals surface area contributed by atoms with Crippen LogP contribution in [0.5, 0.6) is 0 Å². The van der Waals surface area contributed by atoms with Gasteiger partial charge < -0.3 is 9.47 Å². The van der Waals surface area contributed by atoms with Crippen molar-refractivity contribution < 1.29 is 37.4 Å². The van der Waals surface area contributed by atoms with Crippen molar-refractivity contribution in [2.75, 3.05) is 17.3 Å². The zero-order chi connectivity index (χ0) is 28.7. The molecule has 0 aliphatic heterocycles. The Morgan fingerprint density at radius 3 is 2.36 bits per heavy atom. The summed E-state index contributed by atoms with van der Waals surface area (Å²) in [6.45, 7) is 5.16. The molecule has 0 aromatic heterocycles. The van der Waals surface area contributed by atoms with E-state index in [-0.39, 0.29) is 51.8 Å². The van der Waals surface area contributed by atoms with Gasteiger partial charge in [-0.05, 0) is 76.8 Å². The van der Waals surface area contributed by atoms with Gasteiger partial charge in [-0.3, -0.25) is 14.4 Å². The molecule has 0 N–H and O–H groups in total. The van der Waals surface area contributed by atoms with Gasteiger partial charge >= 0.3 is 11.9 Å². The van der Waals surface area contributed by atoms with Crippen molar-refractivity contribution in [3.63, 3.8) is 0 Å². The van der Waals surface area contributed by atoms with E-state index in [1.807, 2.05) is 0 Å². The Kier molecular flexibility index (Phi) is 10.7. The number of rotatable bonds is 9. The van der Waals surface area contributed by atoms with Gasteiger partial charge in [-0.1, -0.05) is 17.7 Å². The third-order valence-electron chi connectivity index (χ3n) is 5.69. The Hall–Kier alpha value is -3.24. The topological polar surface area (TPSA) is 90.0 Å². The summed E-state index contributed by atoms with van der Waals surface area (Å²) in [6.07, 6.45) is 1.15. The average molecular weight is 580 g/mol. The van der Waals surface area contributed by atoms with Crippen LogP contribution in [0.2, 0.25) is 5.02 Å². The Labute approximate surface area is 234 Å². The molecule has 39 heavy (non-hydrogen) atoms. The van der Waals surface area contributed by atoms with Gasteiger partial charge in [-0.2, -0.15) is 0 Å². The summed E-state index contributed by atoms with van der Waals surface area (Å²) in [6, 6.07) is 6.73. The molecule has 0 bridgehead atoms. The lowest BCUT2D eigenvalue weighted by atomic mass is 9.90. The predicted molar refractivity (Wildman–Crippen MR) is 144 cm³/mol. The molecule has 7 nitrogen and oxygen atoms in total. The van der Waals surface area contributed by atoms with Gasteiger partial charge in [0.2, 0.25) is 0 Å². The molecule has 0 atom stereocenters. The SMILES string of the molecule is CCOC(=O)CSc1cc(N(C(=O)C2=C(C(=O)OC(C)C)CCCC2)C(=O)c2cccc(F)c2)c(F)cc1Cl. The van der Waals surface area contributed by atoms with Crippen molar-refractivity contribution in [1.82, 2.24) is 0 Å². The predicted octanol–water partition coefficient (Wildman–Crippen LogP) is 6.27. The molecule has 208 valence electrons. The number of hydrogen-bond acceptors (Lipinski definition) is 7. The quantitative estimate of drug-likeness (QED) is 0.196. The van der Waals surface area contributed by atoms with Gasteiger partial charge in [-0.15, -0.1) is 11.8 Å². The third-order valence-corrected chi connectivity index (χ3v) is 7.14. The molecule has 3 rings (SSSR count). The van der Waals surface area contributed by atoms with Crippen LogP contribution in [0.15, 0.2) is 52.4 Å². The fourth-order valence-electron chi connectivity index (χ4n) is 3.99. The largest absolute Gasteiger partial charge is 0.465 e. The van der Waals surface area contributed by atoms with Crippen molar-refractivity contribution in [2.24, 2.45) is 0 Å². The Morgan fingerprint density at radius 2 is 1.72 bits per heavy atom. The maximum atomic E-state index is 15.4. The number of halogens is 3. The Morgan fingerprint density at radius 1 is 1.03 bits per heavy atom. The van der Waals surface area contributed by atoms with Gasteiger partial charge in [0.05, 0.1) is 29.2 Å². The number of esters is 2. The monoisotopic (exact) mass is 579 g/mol. The number of benzene rings is 2. The second-order valence-electron chi connectivity index (χ2n) is 8.90. The minimum atomic E-state index is -1.00. The number of amides is 2. The zero-order valence-electron chi connectivity index (χ0n) is 21.7. The summed E-state index contributed by atoms with van der Waals surface area (Å²) >= 11 is 7.14. The minimum Gasteiger partial charge on any atom is -0.465 e. The molecule has 2 aromatic rings. The molecule has 0 saturated heterocycles. The van der Waals surface area contributed by atoms with E-state index in [1.165, 1.54) is 18.2 Å². The van der Waals surface area contributed by atoms with E-state index in [2.05, 4.69) is 0 Å². The smallest absolute Gasteiger partial charge is 0.334 e. The van der Waals surface area contributed by atoms with Crippen LogP contribution in [0, 0.1) is 11.6 Å². The number of thioether (sulfide) groups is 1. The molecule has 0 saturated carbocycles. The maximum Gasteiger partial charge on any atom is 0.334 e. The zero-order valence-corrected chi connectivity index (χ0v) is 23.3. The number of imide groups is 1. The Bertz CT molecular complexity index is 1310. The highest BCUT2D eigenvalue weighted by atomic mass is 35.5. The normalized spacial score (nSPS) is 13.3. The molecule has 1 aliphatic rings. The highest BCUT2D eigenvalue weighted by Gasteiger charge is 2.34. The van der Waals surface area contributed by atoms with E-state index in [0.29, 0.717) is 17.7 Å². The van der Waals surface area contributed by atoms with Crippen molar-refractivity contribution in [2.45, 2.75) is 57.5 Å². The number of anilines is 1. The van der Waals surface area contributed by atoms with Crippen LogP contribution in [0.25, 0.3) is 0 Å². The van der Waals surface area contributed by atoms with Crippen LogP contribution in [0.3, 0.4) is 0 Å². The van der Waals surface area contributed by atoms with E-state index in [0.717, 1.165) is 30.0 Å². The van der Waals surface area contributed by atoms with Gasteiger partial charge in [0.15, 0.2) is 0 Å². The molecule has 0 fully saturated rings. The van der Waals surface area contributed by atoms with E-state index >= 15 is 4.39 Å². The fraction of sp³-hybridized carbons (Fsp3) is 0.357. The number of carbonyl (C=O) groups excluding carboxylic acids is 4. The van der Waals surface area contributed by atoms with Crippen molar-refractivity contribution in [1.29, 1.82) is 0 Å². The summed E-state index contributed by atoms with van der Waals surface area (Å²) in [4.78, 5) is 53.1. The van der Waals surface area contributed by atoms with E-state index < -0.39 is 47.2 Å². The van der Waals surface area contributed by atoms with Gasteiger partial charge in [0, 0.05) is 21.6 Å². The molecule has 0 radical (unpaired) electrons. The van der Waals surface area contributed by atoms with Crippen molar-refractivity contribution >= 4 is 52.8 Å². The lowest BCUT2D eigenvalue weighted by molar-refractivity contribution is -0.143. The number of carbonyl (C=O) groups is 4. The molecule has 0 heterocycles. The van der Waals surface area contributed by atoms with E-state index in [1.54, 1.807) is 20.8 Å². The Balaban J connectivity index is 2.14. The molecular formula is C28H28ClF2NO6S. The first-order valence-electron chi connectivity index (χ1n) is 12.4. The first kappa shape index (κ1) is 30.3. The summed E-state index contributed by atoms with van der Waals surface area (Å²) in [5.41, 5.74) is -0.532. The van der Waals surface area contributed by atoms with E-state index in [4.69, 9.17) is 21.1 Å². The van der Waals surface area contributed by atoms with Crippen molar-refractivity contribution in [3.05, 3.63) is 69.8 Å². The molecule has 2 amide bonds. The summed E-state index contributed by atoms with van der Waals surface area (Å²) < 4.78 is 39.6. The molecule has 0 spiro atoms. The van der Waals surface area contributed by atoms with Gasteiger partial charge in [0.25, 0.3) is 11.8 Å². The van der Waals surface area contributed by atoms with E-state index in [9.17, 15) is 23.6 Å². The minimum absolute atomic E-state index is 0.0201. The van der Waals surface area contributed by atoms with Gasteiger partial charge in [-0.25, -0.2) is 18.5 Å². The van der Waals surface area contributed by atoms with Crippen LogP contribution in [-0.4, -0.2) is 42.2 Å². The molecule has 0 unspecified atom stereocenters. The molecular weight excluding hydrogens is 552 g/mol. The fourth-order valence-corrected chi connectivity index (χ4v) is 5.05. The highest BCUT2D eigenvalue weighted by molar-refractivity contribution is 8.00. The van der Waals surface area contributed by atoms with Crippen LogP contribution in [0.1, 0.15) is 56.8 Å².